The maximum Gasteiger partial charge on any atom is 0.331 e. The molecule has 0 spiro atoms. The lowest BCUT2D eigenvalue weighted by Crippen LogP contribution is -2.18. The smallest absolute Gasteiger partial charge is 0.331 e. The van der Waals surface area contributed by atoms with E-state index in [1.54, 1.807) is 44.2 Å². The van der Waals surface area contributed by atoms with E-state index in [0.29, 0.717) is 11.3 Å². The summed E-state index contributed by atoms with van der Waals surface area (Å²) in [5, 5.41) is 2.75. The zero-order chi connectivity index (χ0) is 18.9. The summed E-state index contributed by atoms with van der Waals surface area (Å²) in [5.74, 6) is -1.11. The molecule has 0 saturated heterocycles. The number of hydrogen-bond acceptors (Lipinski definition) is 4. The molecule has 0 fully saturated rings. The van der Waals surface area contributed by atoms with Crippen molar-refractivity contribution in [3.05, 3.63) is 71.8 Å². The van der Waals surface area contributed by atoms with Crippen LogP contribution in [0.15, 0.2) is 60.7 Å². The lowest BCUT2D eigenvalue weighted by atomic mass is 10.1. The fraction of sp³-hybridized carbons (Fsp3) is 0.190. The summed E-state index contributed by atoms with van der Waals surface area (Å²) in [5.41, 5.74) is 1.89. The summed E-state index contributed by atoms with van der Waals surface area (Å²) in [6.07, 6.45) is 2.91. The van der Waals surface area contributed by atoms with E-state index in [1.165, 1.54) is 6.08 Å². The van der Waals surface area contributed by atoms with Gasteiger partial charge in [-0.15, -0.1) is 0 Å². The van der Waals surface area contributed by atoms with Crippen LogP contribution in [0.5, 0.6) is 0 Å². The summed E-state index contributed by atoms with van der Waals surface area (Å²) in [6.45, 7) is 3.26. The molecule has 0 aliphatic heterocycles. The number of Topliss-reactive ketones (excluding diaryl/α,β-unsaturated/α-hetero) is 1. The average Bonchev–Trinajstić information content (AvgIpc) is 2.65. The van der Waals surface area contributed by atoms with E-state index in [2.05, 4.69) is 5.32 Å². The maximum absolute atomic E-state index is 12.1. The van der Waals surface area contributed by atoms with Gasteiger partial charge in [-0.2, -0.15) is 0 Å². The van der Waals surface area contributed by atoms with Crippen LogP contribution in [-0.2, 0) is 14.3 Å². The zero-order valence-corrected chi connectivity index (χ0v) is 14.8. The Morgan fingerprint density at radius 2 is 1.65 bits per heavy atom. The molecule has 1 N–H and O–H groups in total. The van der Waals surface area contributed by atoms with Crippen LogP contribution in [0.3, 0.4) is 0 Å². The van der Waals surface area contributed by atoms with Gasteiger partial charge >= 0.3 is 5.97 Å². The van der Waals surface area contributed by atoms with Crippen molar-refractivity contribution in [3.63, 3.8) is 0 Å². The number of ether oxygens (including phenoxy) is 1. The minimum absolute atomic E-state index is 0.0943. The molecule has 0 aliphatic rings. The van der Waals surface area contributed by atoms with E-state index in [0.717, 1.165) is 5.56 Å². The van der Waals surface area contributed by atoms with Gasteiger partial charge in [0.05, 0.1) is 0 Å². The number of ketones is 1. The van der Waals surface area contributed by atoms with Gasteiger partial charge in [0, 0.05) is 23.2 Å². The van der Waals surface area contributed by atoms with Crippen LogP contribution >= 0.6 is 0 Å². The molecule has 2 rings (SSSR count). The van der Waals surface area contributed by atoms with Crippen LogP contribution in [0, 0.1) is 5.92 Å². The topological polar surface area (TPSA) is 72.5 Å². The van der Waals surface area contributed by atoms with Crippen molar-refractivity contribution in [2.75, 3.05) is 11.9 Å². The quantitative estimate of drug-likeness (QED) is 0.469. The molecular formula is C21H21NO4. The molecule has 26 heavy (non-hydrogen) atoms. The number of amides is 1. The van der Waals surface area contributed by atoms with Gasteiger partial charge in [-0.3, -0.25) is 9.59 Å². The van der Waals surface area contributed by atoms with Gasteiger partial charge in [0.1, 0.15) is 0 Å². The molecule has 0 radical (unpaired) electrons. The predicted octanol–water partition coefficient (Wildman–Crippen LogP) is 3.72. The second-order valence-electron chi connectivity index (χ2n) is 6.00. The number of nitrogens with one attached hydrogen (secondary N) is 1. The van der Waals surface area contributed by atoms with Crippen LogP contribution < -0.4 is 5.32 Å². The van der Waals surface area contributed by atoms with Gasteiger partial charge in [-0.25, -0.2) is 4.79 Å². The molecule has 0 heterocycles. The summed E-state index contributed by atoms with van der Waals surface area (Å²) in [7, 11) is 0. The molecule has 0 aromatic heterocycles. The van der Waals surface area contributed by atoms with Crippen molar-refractivity contribution < 1.29 is 19.1 Å². The van der Waals surface area contributed by atoms with E-state index in [-0.39, 0.29) is 24.2 Å². The van der Waals surface area contributed by atoms with E-state index in [4.69, 9.17) is 4.74 Å². The Bertz CT molecular complexity index is 793. The van der Waals surface area contributed by atoms with Crippen LogP contribution in [0.4, 0.5) is 5.69 Å². The van der Waals surface area contributed by atoms with Crippen LogP contribution in [-0.4, -0.2) is 24.3 Å². The first-order valence-corrected chi connectivity index (χ1v) is 8.29. The fourth-order valence-electron chi connectivity index (χ4n) is 2.02. The van der Waals surface area contributed by atoms with Crippen LogP contribution in [0.1, 0.15) is 29.8 Å². The molecule has 5 heteroatoms. The van der Waals surface area contributed by atoms with Crippen molar-refractivity contribution in [2.24, 2.45) is 5.92 Å². The van der Waals surface area contributed by atoms with E-state index in [9.17, 15) is 14.4 Å². The number of carbonyl (C=O) groups is 3. The molecule has 0 saturated carbocycles. The number of esters is 1. The van der Waals surface area contributed by atoms with Crippen molar-refractivity contribution >= 4 is 29.4 Å². The zero-order valence-electron chi connectivity index (χ0n) is 14.8. The Hall–Kier alpha value is -3.21. The number of carbonyl (C=O) groups excluding carboxylic acids is 3. The predicted molar refractivity (Wildman–Crippen MR) is 101 cm³/mol. The Morgan fingerprint density at radius 1 is 1.00 bits per heavy atom. The Kier molecular flexibility index (Phi) is 6.85. The van der Waals surface area contributed by atoms with Gasteiger partial charge in [0.2, 0.25) is 5.91 Å². The molecule has 2 aromatic carbocycles. The standard InChI is InChI=1S/C21H21NO4/c1-15(2)21(25)22-18-11-9-17(10-12-18)19(23)14-26-20(24)13-8-16-6-4-3-5-7-16/h3-13,15H,14H2,1-2H3,(H,22,25)/b13-8+. The monoisotopic (exact) mass is 351 g/mol. The third kappa shape index (κ3) is 6.02. The van der Waals surface area contributed by atoms with Gasteiger partial charge in [0.25, 0.3) is 0 Å². The second kappa shape index (κ2) is 9.32. The number of benzene rings is 2. The summed E-state index contributed by atoms with van der Waals surface area (Å²) in [4.78, 5) is 35.4. The molecule has 5 nitrogen and oxygen atoms in total. The average molecular weight is 351 g/mol. The molecule has 0 bridgehead atoms. The van der Waals surface area contributed by atoms with E-state index < -0.39 is 5.97 Å². The lowest BCUT2D eigenvalue weighted by molar-refractivity contribution is -0.136. The minimum Gasteiger partial charge on any atom is -0.454 e. The summed E-state index contributed by atoms with van der Waals surface area (Å²) < 4.78 is 4.96. The van der Waals surface area contributed by atoms with Crippen LogP contribution in [0.2, 0.25) is 0 Å². The fourth-order valence-corrected chi connectivity index (χ4v) is 2.02. The van der Waals surface area contributed by atoms with Crippen molar-refractivity contribution in [2.45, 2.75) is 13.8 Å². The lowest BCUT2D eigenvalue weighted by Gasteiger charge is -2.08. The second-order valence-corrected chi connectivity index (χ2v) is 6.00. The van der Waals surface area contributed by atoms with Gasteiger partial charge in [0.15, 0.2) is 12.4 Å². The van der Waals surface area contributed by atoms with Gasteiger partial charge in [-0.1, -0.05) is 44.2 Å². The third-order valence-electron chi connectivity index (χ3n) is 3.56. The van der Waals surface area contributed by atoms with Crippen molar-refractivity contribution in [3.8, 4) is 0 Å². The van der Waals surface area contributed by atoms with Gasteiger partial charge in [-0.05, 0) is 35.9 Å². The number of rotatable bonds is 7. The first-order valence-electron chi connectivity index (χ1n) is 8.29. The largest absolute Gasteiger partial charge is 0.454 e. The van der Waals surface area contributed by atoms with E-state index in [1.807, 2.05) is 30.3 Å². The van der Waals surface area contributed by atoms with E-state index >= 15 is 0 Å². The number of anilines is 1. The van der Waals surface area contributed by atoms with Gasteiger partial charge < -0.3 is 10.1 Å². The first-order chi connectivity index (χ1) is 12.5. The highest BCUT2D eigenvalue weighted by Crippen LogP contribution is 2.12. The molecule has 134 valence electrons. The maximum atomic E-state index is 12.1. The van der Waals surface area contributed by atoms with Crippen molar-refractivity contribution in [1.29, 1.82) is 0 Å². The Labute approximate surface area is 152 Å². The molecule has 0 aliphatic carbocycles. The highest BCUT2D eigenvalue weighted by atomic mass is 16.5. The molecule has 2 aromatic rings. The molecule has 0 atom stereocenters. The molecular weight excluding hydrogens is 330 g/mol. The van der Waals surface area contributed by atoms with Crippen LogP contribution in [0.25, 0.3) is 6.08 Å². The first kappa shape index (κ1) is 19.1. The minimum atomic E-state index is -0.581. The highest BCUT2D eigenvalue weighted by Gasteiger charge is 2.10. The normalized spacial score (nSPS) is 10.7. The van der Waals surface area contributed by atoms with Crippen molar-refractivity contribution in [1.82, 2.24) is 0 Å². The molecule has 0 unspecified atom stereocenters. The third-order valence-corrected chi connectivity index (χ3v) is 3.56. The molecule has 1 amide bonds. The Balaban J connectivity index is 1.84. The summed E-state index contributed by atoms with van der Waals surface area (Å²) >= 11 is 0. The number of hydrogen-bond donors (Lipinski definition) is 1. The summed E-state index contributed by atoms with van der Waals surface area (Å²) in [6, 6.07) is 15.8. The highest BCUT2D eigenvalue weighted by molar-refractivity contribution is 5.99. The Morgan fingerprint density at radius 3 is 2.27 bits per heavy atom. The SMILES string of the molecule is CC(C)C(=O)Nc1ccc(C(=O)COC(=O)/C=C/c2ccccc2)cc1.